The van der Waals surface area contributed by atoms with Crippen molar-refractivity contribution in [2.24, 2.45) is 5.92 Å². The fraction of sp³-hybridized carbons (Fsp3) is 0.846. The number of hydrogen-bond donors (Lipinski definition) is 2. The van der Waals surface area contributed by atoms with Crippen molar-refractivity contribution < 1.29 is 19.8 Å². The number of aliphatic carboxylic acids is 1. The molecule has 0 aromatic heterocycles. The van der Waals surface area contributed by atoms with Gasteiger partial charge in [-0.1, -0.05) is 6.92 Å². The molecule has 1 aliphatic carbocycles. The summed E-state index contributed by atoms with van der Waals surface area (Å²) in [6.45, 7) is 4.38. The second kappa shape index (κ2) is 7.33. The molecular formula is C13H24N2O4. The van der Waals surface area contributed by atoms with Crippen molar-refractivity contribution in [3.63, 3.8) is 0 Å². The Hall–Kier alpha value is -1.30. The first kappa shape index (κ1) is 15.8. The highest BCUT2D eigenvalue weighted by atomic mass is 16.4. The van der Waals surface area contributed by atoms with Crippen LogP contribution in [0.4, 0.5) is 4.79 Å². The zero-order chi connectivity index (χ0) is 14.4. The average molecular weight is 272 g/mol. The van der Waals surface area contributed by atoms with Gasteiger partial charge < -0.3 is 20.0 Å². The van der Waals surface area contributed by atoms with E-state index >= 15 is 0 Å². The molecule has 0 aliphatic heterocycles. The number of carbonyl (C=O) groups is 2. The minimum Gasteiger partial charge on any atom is -0.481 e. The Bertz CT molecular complexity index is 318. The average Bonchev–Trinajstić information content (AvgIpc) is 2.31. The third-order valence-corrected chi connectivity index (χ3v) is 3.67. The molecule has 0 bridgehead atoms. The predicted molar refractivity (Wildman–Crippen MR) is 70.9 cm³/mol. The fourth-order valence-electron chi connectivity index (χ4n) is 2.17. The zero-order valence-electron chi connectivity index (χ0n) is 11.7. The molecule has 6 nitrogen and oxygen atoms in total. The molecule has 0 spiro atoms. The van der Waals surface area contributed by atoms with E-state index in [0.717, 1.165) is 19.3 Å². The Balaban J connectivity index is 2.65. The smallest absolute Gasteiger partial charge is 0.320 e. The van der Waals surface area contributed by atoms with Crippen LogP contribution in [0.5, 0.6) is 0 Å². The van der Waals surface area contributed by atoms with Gasteiger partial charge in [0.1, 0.15) is 0 Å². The van der Waals surface area contributed by atoms with Crippen LogP contribution < -0.4 is 0 Å². The summed E-state index contributed by atoms with van der Waals surface area (Å²) < 4.78 is 0. The van der Waals surface area contributed by atoms with Gasteiger partial charge in [-0.3, -0.25) is 4.79 Å². The summed E-state index contributed by atoms with van der Waals surface area (Å²) in [6.07, 6.45) is 3.05. The Morgan fingerprint density at radius 1 is 1.37 bits per heavy atom. The summed E-state index contributed by atoms with van der Waals surface area (Å²) in [7, 11) is 0. The van der Waals surface area contributed by atoms with Crippen LogP contribution in [0.15, 0.2) is 0 Å². The molecule has 1 rings (SSSR count). The van der Waals surface area contributed by atoms with E-state index in [9.17, 15) is 9.59 Å². The molecule has 19 heavy (non-hydrogen) atoms. The molecular weight excluding hydrogens is 248 g/mol. The number of nitrogens with zero attached hydrogens (tertiary/aromatic N) is 2. The first-order valence-electron chi connectivity index (χ1n) is 6.90. The molecule has 2 N–H and O–H groups in total. The van der Waals surface area contributed by atoms with Crippen molar-refractivity contribution in [3.05, 3.63) is 0 Å². The Labute approximate surface area is 114 Å². The van der Waals surface area contributed by atoms with E-state index in [-0.39, 0.29) is 25.2 Å². The van der Waals surface area contributed by atoms with E-state index in [1.165, 1.54) is 0 Å². The van der Waals surface area contributed by atoms with Crippen molar-refractivity contribution >= 4 is 12.0 Å². The minimum absolute atomic E-state index is 0.0612. The van der Waals surface area contributed by atoms with Gasteiger partial charge in [-0.25, -0.2) is 4.79 Å². The SMILES string of the molecule is CCN(CC(C)C(=O)O)C(=O)N(CCO)C1CCC1. The van der Waals surface area contributed by atoms with Crippen molar-refractivity contribution in [2.45, 2.75) is 39.2 Å². The number of urea groups is 1. The van der Waals surface area contributed by atoms with Crippen LogP contribution in [0.1, 0.15) is 33.1 Å². The maximum Gasteiger partial charge on any atom is 0.320 e. The van der Waals surface area contributed by atoms with Gasteiger partial charge in [-0.05, 0) is 26.2 Å². The molecule has 6 heteroatoms. The molecule has 1 aliphatic rings. The zero-order valence-corrected chi connectivity index (χ0v) is 11.7. The first-order valence-corrected chi connectivity index (χ1v) is 6.90. The summed E-state index contributed by atoms with van der Waals surface area (Å²) >= 11 is 0. The molecule has 1 fully saturated rings. The van der Waals surface area contributed by atoms with Gasteiger partial charge in [0.05, 0.1) is 12.5 Å². The van der Waals surface area contributed by atoms with Gasteiger partial charge in [-0.15, -0.1) is 0 Å². The molecule has 0 aromatic carbocycles. The van der Waals surface area contributed by atoms with Crippen LogP contribution >= 0.6 is 0 Å². The first-order chi connectivity index (χ1) is 9.01. The number of carboxylic acids is 1. The molecule has 0 saturated heterocycles. The van der Waals surface area contributed by atoms with E-state index in [4.69, 9.17) is 10.2 Å². The molecule has 0 aromatic rings. The molecule has 1 saturated carbocycles. The summed E-state index contributed by atoms with van der Waals surface area (Å²) in [6, 6.07) is 0.0446. The summed E-state index contributed by atoms with van der Waals surface area (Å²) in [5, 5.41) is 18.0. The summed E-state index contributed by atoms with van der Waals surface area (Å²) in [5.74, 6) is -1.48. The van der Waals surface area contributed by atoms with E-state index in [1.807, 2.05) is 6.92 Å². The second-order valence-electron chi connectivity index (χ2n) is 5.06. The lowest BCUT2D eigenvalue weighted by Gasteiger charge is -2.40. The number of hydrogen-bond acceptors (Lipinski definition) is 3. The van der Waals surface area contributed by atoms with Crippen molar-refractivity contribution in [2.75, 3.05) is 26.2 Å². The Morgan fingerprint density at radius 3 is 2.37 bits per heavy atom. The quantitative estimate of drug-likeness (QED) is 0.724. The van der Waals surface area contributed by atoms with Gasteiger partial charge in [0, 0.05) is 25.7 Å². The van der Waals surface area contributed by atoms with Crippen LogP contribution in [0.25, 0.3) is 0 Å². The fourth-order valence-corrected chi connectivity index (χ4v) is 2.17. The molecule has 2 amide bonds. The minimum atomic E-state index is -0.899. The third-order valence-electron chi connectivity index (χ3n) is 3.67. The van der Waals surface area contributed by atoms with Crippen molar-refractivity contribution in [1.82, 2.24) is 9.80 Å². The monoisotopic (exact) mass is 272 g/mol. The van der Waals surface area contributed by atoms with Gasteiger partial charge in [0.2, 0.25) is 0 Å². The predicted octanol–water partition coefficient (Wildman–Crippen LogP) is 0.996. The molecule has 0 radical (unpaired) electrons. The van der Waals surface area contributed by atoms with E-state index in [0.29, 0.717) is 13.1 Å². The lowest BCUT2D eigenvalue weighted by atomic mass is 9.91. The second-order valence-corrected chi connectivity index (χ2v) is 5.06. The van der Waals surface area contributed by atoms with Crippen LogP contribution in [0, 0.1) is 5.92 Å². The topological polar surface area (TPSA) is 81.1 Å². The van der Waals surface area contributed by atoms with E-state index in [1.54, 1.807) is 16.7 Å². The standard InChI is InChI=1S/C13H24N2O4/c1-3-14(9-10(2)12(17)18)13(19)15(7-8-16)11-5-4-6-11/h10-11,16H,3-9H2,1-2H3,(H,17,18). The highest BCUT2D eigenvalue weighted by Gasteiger charge is 2.31. The van der Waals surface area contributed by atoms with Crippen LogP contribution in [-0.2, 0) is 4.79 Å². The van der Waals surface area contributed by atoms with E-state index in [2.05, 4.69) is 0 Å². The number of carbonyl (C=O) groups excluding carboxylic acids is 1. The number of aliphatic hydroxyl groups excluding tert-OH is 1. The lowest BCUT2D eigenvalue weighted by Crippen LogP contribution is -2.52. The lowest BCUT2D eigenvalue weighted by molar-refractivity contribution is -0.141. The number of carboxylic acid groups (broad SMARTS) is 1. The Morgan fingerprint density at radius 2 is 2.00 bits per heavy atom. The molecule has 1 atom stereocenters. The maximum atomic E-state index is 12.4. The molecule has 0 heterocycles. The van der Waals surface area contributed by atoms with E-state index < -0.39 is 11.9 Å². The van der Waals surface area contributed by atoms with Crippen molar-refractivity contribution in [1.29, 1.82) is 0 Å². The number of amides is 2. The molecule has 110 valence electrons. The number of aliphatic hydroxyl groups is 1. The highest BCUT2D eigenvalue weighted by Crippen LogP contribution is 2.25. The van der Waals surface area contributed by atoms with Crippen LogP contribution in [0.2, 0.25) is 0 Å². The molecule has 1 unspecified atom stereocenters. The summed E-state index contributed by atoms with van der Waals surface area (Å²) in [4.78, 5) is 26.5. The third kappa shape index (κ3) is 4.09. The van der Waals surface area contributed by atoms with Gasteiger partial charge >= 0.3 is 12.0 Å². The van der Waals surface area contributed by atoms with Gasteiger partial charge in [0.25, 0.3) is 0 Å². The van der Waals surface area contributed by atoms with Gasteiger partial charge in [-0.2, -0.15) is 0 Å². The van der Waals surface area contributed by atoms with Gasteiger partial charge in [0.15, 0.2) is 0 Å². The van der Waals surface area contributed by atoms with Crippen LogP contribution in [0.3, 0.4) is 0 Å². The van der Waals surface area contributed by atoms with Crippen LogP contribution in [-0.4, -0.2) is 64.3 Å². The largest absolute Gasteiger partial charge is 0.481 e. The van der Waals surface area contributed by atoms with Crippen molar-refractivity contribution in [3.8, 4) is 0 Å². The number of rotatable bonds is 7. The highest BCUT2D eigenvalue weighted by molar-refractivity contribution is 5.76. The summed E-state index contributed by atoms with van der Waals surface area (Å²) in [5.41, 5.74) is 0. The maximum absolute atomic E-state index is 12.4. The normalized spacial score (nSPS) is 16.6. The Kier molecular flexibility index (Phi) is 6.08.